The molecular weight excluding hydrogens is 290 g/mol. The van der Waals surface area contributed by atoms with E-state index in [9.17, 15) is 4.79 Å². The van der Waals surface area contributed by atoms with Gasteiger partial charge in [0.05, 0.1) is 18.9 Å². The molecule has 0 aliphatic heterocycles. The van der Waals surface area contributed by atoms with Crippen molar-refractivity contribution in [3.05, 3.63) is 76.4 Å². The lowest BCUT2D eigenvalue weighted by Gasteiger charge is -2.22. The summed E-state index contributed by atoms with van der Waals surface area (Å²) in [5.41, 5.74) is 5.72. The highest BCUT2D eigenvalue weighted by atomic mass is 16.5. The number of aryl methyl sites for hydroxylation is 1. The van der Waals surface area contributed by atoms with Gasteiger partial charge < -0.3 is 9.94 Å². The van der Waals surface area contributed by atoms with E-state index >= 15 is 0 Å². The monoisotopic (exact) mass is 307 g/mol. The van der Waals surface area contributed by atoms with E-state index in [0.29, 0.717) is 5.56 Å². The van der Waals surface area contributed by atoms with Crippen molar-refractivity contribution in [1.29, 1.82) is 0 Å². The highest BCUT2D eigenvalue weighted by molar-refractivity contribution is 5.99. The van der Waals surface area contributed by atoms with Crippen LogP contribution in [0, 0.1) is 0 Å². The number of methoxy groups -OCH3 is 1. The second kappa shape index (κ2) is 6.48. The minimum absolute atomic E-state index is 0.367. The molecule has 0 bridgehead atoms. The normalized spacial score (nSPS) is 14.0. The van der Waals surface area contributed by atoms with Gasteiger partial charge in [0.15, 0.2) is 0 Å². The Bertz CT molecular complexity index is 806. The largest absolute Gasteiger partial charge is 0.465 e. The van der Waals surface area contributed by atoms with E-state index in [2.05, 4.69) is 17.3 Å². The Kier molecular flexibility index (Phi) is 4.24. The summed E-state index contributed by atoms with van der Waals surface area (Å²) >= 11 is 0. The Hall–Kier alpha value is -2.88. The number of nitrogens with zero attached hydrogens (tertiary/aromatic N) is 1. The molecule has 0 atom stereocenters. The van der Waals surface area contributed by atoms with Gasteiger partial charge in [-0.05, 0) is 52.8 Å². The average molecular weight is 307 g/mol. The van der Waals surface area contributed by atoms with Crippen LogP contribution in [0.5, 0.6) is 0 Å². The zero-order valence-corrected chi connectivity index (χ0v) is 12.8. The second-order valence-electron chi connectivity index (χ2n) is 5.37. The third-order valence-electron chi connectivity index (χ3n) is 4.06. The quantitative estimate of drug-likeness (QED) is 0.407. The molecule has 0 saturated carbocycles. The van der Waals surface area contributed by atoms with Crippen molar-refractivity contribution in [2.24, 2.45) is 5.16 Å². The van der Waals surface area contributed by atoms with Crippen LogP contribution in [0.15, 0.2) is 59.3 Å². The first-order valence-electron chi connectivity index (χ1n) is 7.42. The fraction of sp³-hybridized carbons (Fsp3) is 0.158. The topological polar surface area (TPSA) is 58.9 Å². The maximum atomic E-state index is 11.8. The highest BCUT2D eigenvalue weighted by Gasteiger charge is 2.20. The van der Waals surface area contributed by atoms with Crippen molar-refractivity contribution in [2.45, 2.75) is 12.8 Å². The molecule has 0 saturated heterocycles. The first kappa shape index (κ1) is 15.0. The summed E-state index contributed by atoms with van der Waals surface area (Å²) in [5.74, 6) is -0.367. The van der Waals surface area contributed by atoms with Crippen molar-refractivity contribution in [3.8, 4) is 0 Å². The maximum absolute atomic E-state index is 11.8. The fourth-order valence-corrected chi connectivity index (χ4v) is 3.01. The molecule has 2 aromatic rings. The minimum Gasteiger partial charge on any atom is -0.465 e. The molecule has 0 radical (unpaired) electrons. The second-order valence-corrected chi connectivity index (χ2v) is 5.37. The minimum atomic E-state index is -0.367. The SMILES string of the molecule is COC(=O)c1cccc(C2=C(C=NO)CCc3ccccc32)c1. The van der Waals surface area contributed by atoms with Crippen LogP contribution in [-0.4, -0.2) is 24.5 Å². The van der Waals surface area contributed by atoms with E-state index < -0.39 is 0 Å². The molecule has 0 heterocycles. The molecule has 3 rings (SSSR count). The first-order chi connectivity index (χ1) is 11.2. The van der Waals surface area contributed by atoms with Crippen LogP contribution in [0.1, 0.15) is 33.5 Å². The molecule has 4 nitrogen and oxygen atoms in total. The van der Waals surface area contributed by atoms with Crippen LogP contribution in [-0.2, 0) is 11.2 Å². The van der Waals surface area contributed by atoms with E-state index in [1.165, 1.54) is 18.9 Å². The van der Waals surface area contributed by atoms with E-state index in [-0.39, 0.29) is 5.97 Å². The smallest absolute Gasteiger partial charge is 0.337 e. The lowest BCUT2D eigenvalue weighted by atomic mass is 9.82. The number of carbonyl (C=O) groups is 1. The third kappa shape index (κ3) is 2.88. The number of hydrogen-bond acceptors (Lipinski definition) is 4. The molecule has 0 fully saturated rings. The molecule has 116 valence electrons. The van der Waals surface area contributed by atoms with Crippen molar-refractivity contribution in [1.82, 2.24) is 0 Å². The van der Waals surface area contributed by atoms with Crippen LogP contribution >= 0.6 is 0 Å². The third-order valence-corrected chi connectivity index (χ3v) is 4.06. The number of fused-ring (bicyclic) bond motifs is 1. The molecule has 0 aromatic heterocycles. The number of benzene rings is 2. The molecule has 2 aromatic carbocycles. The summed E-state index contributed by atoms with van der Waals surface area (Å²) < 4.78 is 4.80. The summed E-state index contributed by atoms with van der Waals surface area (Å²) in [4.78, 5) is 11.8. The van der Waals surface area contributed by atoms with Crippen molar-refractivity contribution < 1.29 is 14.7 Å². The fourth-order valence-electron chi connectivity index (χ4n) is 3.01. The summed E-state index contributed by atoms with van der Waals surface area (Å²) in [6.45, 7) is 0. The summed E-state index contributed by atoms with van der Waals surface area (Å²) in [6.07, 6.45) is 3.17. The highest BCUT2D eigenvalue weighted by Crippen LogP contribution is 2.35. The summed E-state index contributed by atoms with van der Waals surface area (Å²) in [7, 11) is 1.37. The van der Waals surface area contributed by atoms with E-state index in [4.69, 9.17) is 9.94 Å². The van der Waals surface area contributed by atoms with Crippen LogP contribution in [0.3, 0.4) is 0 Å². The number of oxime groups is 1. The molecule has 23 heavy (non-hydrogen) atoms. The Morgan fingerprint density at radius 2 is 2.00 bits per heavy atom. The predicted octanol–water partition coefficient (Wildman–Crippen LogP) is 3.68. The number of esters is 1. The van der Waals surface area contributed by atoms with Crippen LogP contribution in [0.2, 0.25) is 0 Å². The molecule has 4 heteroatoms. The van der Waals surface area contributed by atoms with E-state index in [0.717, 1.165) is 35.1 Å². The van der Waals surface area contributed by atoms with Crippen LogP contribution in [0.25, 0.3) is 5.57 Å². The Morgan fingerprint density at radius 3 is 2.78 bits per heavy atom. The number of hydrogen-bond donors (Lipinski definition) is 1. The van der Waals surface area contributed by atoms with Gasteiger partial charge in [-0.15, -0.1) is 0 Å². The van der Waals surface area contributed by atoms with Gasteiger partial charge in [0.25, 0.3) is 0 Å². The number of allylic oxidation sites excluding steroid dienone is 1. The van der Waals surface area contributed by atoms with Gasteiger partial charge in [0, 0.05) is 0 Å². The Balaban J connectivity index is 2.19. The van der Waals surface area contributed by atoms with Crippen LogP contribution in [0.4, 0.5) is 0 Å². The van der Waals surface area contributed by atoms with Gasteiger partial charge in [-0.25, -0.2) is 4.79 Å². The molecule has 0 spiro atoms. The zero-order valence-electron chi connectivity index (χ0n) is 12.8. The first-order valence-corrected chi connectivity index (χ1v) is 7.42. The summed E-state index contributed by atoms with van der Waals surface area (Å²) in [5, 5.41) is 12.2. The van der Waals surface area contributed by atoms with Crippen molar-refractivity contribution in [3.63, 3.8) is 0 Å². The average Bonchev–Trinajstić information content (AvgIpc) is 2.61. The van der Waals surface area contributed by atoms with Gasteiger partial charge in [0.2, 0.25) is 0 Å². The molecule has 0 amide bonds. The maximum Gasteiger partial charge on any atom is 0.337 e. The lowest BCUT2D eigenvalue weighted by Crippen LogP contribution is -2.08. The summed E-state index contributed by atoms with van der Waals surface area (Å²) in [6, 6.07) is 15.5. The Morgan fingerprint density at radius 1 is 1.17 bits per heavy atom. The van der Waals surface area contributed by atoms with Gasteiger partial charge >= 0.3 is 5.97 Å². The van der Waals surface area contributed by atoms with Gasteiger partial charge in [0.1, 0.15) is 0 Å². The molecule has 1 aliphatic rings. The van der Waals surface area contributed by atoms with Crippen molar-refractivity contribution >= 4 is 17.8 Å². The predicted molar refractivity (Wildman–Crippen MR) is 88.8 cm³/mol. The van der Waals surface area contributed by atoms with E-state index in [1.54, 1.807) is 6.07 Å². The van der Waals surface area contributed by atoms with Gasteiger partial charge in [-0.2, -0.15) is 0 Å². The van der Waals surface area contributed by atoms with Crippen molar-refractivity contribution in [2.75, 3.05) is 7.11 Å². The zero-order chi connectivity index (χ0) is 16.2. The lowest BCUT2D eigenvalue weighted by molar-refractivity contribution is 0.0600. The molecule has 1 N–H and O–H groups in total. The molecular formula is C19H17NO3. The number of carbonyl (C=O) groups excluding carboxylic acids is 1. The Labute approximate surface area is 134 Å². The number of ether oxygens (including phenoxy) is 1. The molecule has 1 aliphatic carbocycles. The van der Waals surface area contributed by atoms with Gasteiger partial charge in [-0.1, -0.05) is 41.6 Å². The molecule has 0 unspecified atom stereocenters. The number of rotatable bonds is 3. The van der Waals surface area contributed by atoms with Crippen LogP contribution < -0.4 is 0 Å². The van der Waals surface area contributed by atoms with E-state index in [1.807, 2.05) is 30.3 Å². The standard InChI is InChI=1S/C19H17NO3/c1-23-19(21)15-7-4-6-14(11-15)18-16(12-20-22)10-9-13-5-2-3-8-17(13)18/h2-8,11-12,22H,9-10H2,1H3. The van der Waals surface area contributed by atoms with Gasteiger partial charge in [-0.3, -0.25) is 0 Å².